The highest BCUT2D eigenvalue weighted by Gasteiger charge is 2.20. The van der Waals surface area contributed by atoms with E-state index in [1.165, 1.54) is 0 Å². The zero-order valence-corrected chi connectivity index (χ0v) is 16.7. The molecule has 0 aliphatic rings. The van der Waals surface area contributed by atoms with Gasteiger partial charge in [0.2, 0.25) is 0 Å². The second kappa shape index (κ2) is 10.7. The van der Waals surface area contributed by atoms with E-state index in [2.05, 4.69) is 11.7 Å². The maximum atomic E-state index is 9.75. The normalized spacial score (nSPS) is 11.0. The molecule has 0 unspecified atom stereocenters. The van der Waals surface area contributed by atoms with Crippen LogP contribution >= 0.6 is 11.3 Å². The molecule has 0 aliphatic carbocycles. The third-order valence-electron chi connectivity index (χ3n) is 3.22. The number of nitrogens with zero attached hydrogens (tertiary/aromatic N) is 2. The highest BCUT2D eigenvalue weighted by molar-refractivity contribution is 7.11. The number of ether oxygens (including phenoxy) is 3. The van der Waals surface area contributed by atoms with E-state index in [1.807, 2.05) is 42.0 Å². The Morgan fingerprint density at radius 1 is 1.07 bits per heavy atom. The van der Waals surface area contributed by atoms with Crippen molar-refractivity contribution in [1.29, 1.82) is 0 Å². The summed E-state index contributed by atoms with van der Waals surface area (Å²) in [5.74, 6) is 2.06. The summed E-state index contributed by atoms with van der Waals surface area (Å²) in [5.41, 5.74) is 0.854. The monoisotopic (exact) mass is 420 g/mol. The topological polar surface area (TPSA) is 44.5 Å². The zero-order chi connectivity index (χ0) is 21.3. The first-order valence-corrected chi connectivity index (χ1v) is 8.78. The molecule has 0 spiro atoms. The summed E-state index contributed by atoms with van der Waals surface area (Å²) in [6.07, 6.45) is 5.79. The number of hydrogen-bond acceptors (Lipinski definition) is 5. The lowest BCUT2D eigenvalue weighted by Gasteiger charge is -2.12. The number of aromatic nitrogens is 2. The van der Waals surface area contributed by atoms with E-state index in [0.717, 1.165) is 15.6 Å². The van der Waals surface area contributed by atoms with Crippen LogP contribution in [0.25, 0.3) is 12.2 Å². The van der Waals surface area contributed by atoms with Gasteiger partial charge < -0.3 is 31.5 Å². The minimum absolute atomic E-state index is 0.668. The minimum atomic E-state index is -6.00. The molecule has 1 aromatic heterocycles. The Morgan fingerprint density at radius 2 is 1.61 bits per heavy atom. The molecule has 0 N–H and O–H groups in total. The lowest BCUT2D eigenvalue weighted by molar-refractivity contribution is -0.741. The molecule has 1 heterocycles. The van der Waals surface area contributed by atoms with Crippen LogP contribution in [-0.4, -0.2) is 33.7 Å². The summed E-state index contributed by atoms with van der Waals surface area (Å²) in [4.78, 5) is 0. The first-order valence-electron chi connectivity index (χ1n) is 7.96. The lowest BCUT2D eigenvalue weighted by Crippen LogP contribution is -2.37. The Bertz CT molecular complexity index is 794. The molecule has 5 nitrogen and oxygen atoms in total. The Hall–Kier alpha value is -2.56. The van der Waals surface area contributed by atoms with Gasteiger partial charge in [0.15, 0.2) is 11.6 Å². The molecule has 0 atom stereocenters. The molecule has 0 saturated carbocycles. The third-order valence-corrected chi connectivity index (χ3v) is 4.15. The molecule has 1 aromatic carbocycles. The van der Waals surface area contributed by atoms with Gasteiger partial charge in [0, 0.05) is 23.3 Å². The summed E-state index contributed by atoms with van der Waals surface area (Å²) in [7, 11) is -1.14. The predicted octanol–water partition coefficient (Wildman–Crippen LogP) is 4.42. The molecule has 0 aliphatic heterocycles. The average Bonchev–Trinajstić information content (AvgIpc) is 2.97. The number of methoxy groups -OCH3 is 3. The molecule has 2 aromatic rings. The van der Waals surface area contributed by atoms with Crippen LogP contribution < -0.4 is 18.9 Å². The largest absolute Gasteiger partial charge is 0.673 e. The summed E-state index contributed by atoms with van der Waals surface area (Å²) in [6.45, 7) is 6.41. The SMILES string of the molecule is C=CC[n+]1nc(C)sc1C=Cc1c(OC)cc(OC)cc1OC.F[B-](F)(F)F. The standard InChI is InChI=1S/C17H21N2O3S.BF4/c1-6-9-19-17(23-12(2)18-19)8-7-14-15(21-4)10-13(20-3)11-16(14)22-5;2-1(3,4)5/h6-8,10-11H,1,9H2,2-5H3;/q+1;-1. The Morgan fingerprint density at radius 3 is 2.04 bits per heavy atom. The fourth-order valence-electron chi connectivity index (χ4n) is 2.17. The zero-order valence-electron chi connectivity index (χ0n) is 15.9. The fourth-order valence-corrected chi connectivity index (χ4v) is 2.97. The molecule has 11 heteroatoms. The van der Waals surface area contributed by atoms with Crippen LogP contribution in [0.15, 0.2) is 24.8 Å². The van der Waals surface area contributed by atoms with E-state index < -0.39 is 7.25 Å². The van der Waals surface area contributed by atoms with E-state index in [4.69, 9.17) is 14.2 Å². The first kappa shape index (κ1) is 23.5. The van der Waals surface area contributed by atoms with E-state index in [9.17, 15) is 17.3 Å². The summed E-state index contributed by atoms with van der Waals surface area (Å²) >= 11 is 1.62. The summed E-state index contributed by atoms with van der Waals surface area (Å²) in [5, 5.41) is 6.49. The Balaban J connectivity index is 0.000000696. The van der Waals surface area contributed by atoms with Crippen LogP contribution in [0.1, 0.15) is 15.6 Å². The number of benzene rings is 1. The molecule has 0 amide bonds. The van der Waals surface area contributed by atoms with Crippen molar-refractivity contribution < 1.29 is 36.2 Å². The third kappa shape index (κ3) is 7.59. The van der Waals surface area contributed by atoms with E-state index in [-0.39, 0.29) is 0 Å². The van der Waals surface area contributed by atoms with Crippen molar-refractivity contribution in [1.82, 2.24) is 5.10 Å². The van der Waals surface area contributed by atoms with Crippen LogP contribution in [0, 0.1) is 6.92 Å². The lowest BCUT2D eigenvalue weighted by atomic mass is 10.1. The number of hydrogen-bond donors (Lipinski definition) is 0. The van der Waals surface area contributed by atoms with E-state index >= 15 is 0 Å². The molecular weight excluding hydrogens is 399 g/mol. The average molecular weight is 420 g/mol. The smallest absolute Gasteiger partial charge is 0.496 e. The van der Waals surface area contributed by atoms with Gasteiger partial charge in [-0.05, 0) is 30.4 Å². The molecule has 0 radical (unpaired) electrons. The van der Waals surface area contributed by atoms with Crippen LogP contribution in [0.4, 0.5) is 17.3 Å². The van der Waals surface area contributed by atoms with Gasteiger partial charge in [-0.25, -0.2) is 0 Å². The minimum Gasteiger partial charge on any atom is -0.496 e. The second-order valence-corrected chi connectivity index (χ2v) is 6.42. The van der Waals surface area contributed by atoms with Crippen molar-refractivity contribution in [3.63, 3.8) is 0 Å². The van der Waals surface area contributed by atoms with Crippen LogP contribution in [0.2, 0.25) is 0 Å². The molecule has 0 saturated heterocycles. The highest BCUT2D eigenvalue weighted by atomic mass is 32.1. The molecule has 0 bridgehead atoms. The first-order chi connectivity index (χ1) is 13.1. The van der Waals surface area contributed by atoms with Crippen molar-refractivity contribution >= 4 is 30.7 Å². The molecule has 154 valence electrons. The number of halogens is 4. The predicted molar refractivity (Wildman–Crippen MR) is 102 cm³/mol. The molecular formula is C17H21BF4N2O3S. The van der Waals surface area contributed by atoms with Crippen molar-refractivity contribution in [2.45, 2.75) is 13.5 Å². The quantitative estimate of drug-likeness (QED) is 0.288. The fraction of sp³-hybridized carbons (Fsp3) is 0.294. The van der Waals surface area contributed by atoms with Gasteiger partial charge in [0.05, 0.1) is 26.9 Å². The van der Waals surface area contributed by atoms with Gasteiger partial charge >= 0.3 is 7.25 Å². The molecule has 28 heavy (non-hydrogen) atoms. The van der Waals surface area contributed by atoms with Crippen molar-refractivity contribution in [3.8, 4) is 17.2 Å². The Labute approximate surface area is 165 Å². The maximum Gasteiger partial charge on any atom is 0.673 e. The van der Waals surface area contributed by atoms with Crippen molar-refractivity contribution in [2.24, 2.45) is 0 Å². The van der Waals surface area contributed by atoms with Crippen LogP contribution in [-0.2, 0) is 6.54 Å². The maximum absolute atomic E-state index is 9.75. The highest BCUT2D eigenvalue weighted by Crippen LogP contribution is 2.35. The molecule has 0 fully saturated rings. The van der Waals surface area contributed by atoms with Gasteiger partial charge in [-0.1, -0.05) is 11.3 Å². The number of allylic oxidation sites excluding steroid dienone is 1. The Kier molecular flexibility index (Phi) is 8.97. The van der Waals surface area contributed by atoms with Gasteiger partial charge in [0.25, 0.3) is 5.01 Å². The molecule has 2 rings (SSSR count). The van der Waals surface area contributed by atoms with Crippen LogP contribution in [0.5, 0.6) is 17.2 Å². The van der Waals surface area contributed by atoms with E-state index in [1.54, 1.807) is 32.7 Å². The van der Waals surface area contributed by atoms with Crippen molar-refractivity contribution in [3.05, 3.63) is 40.4 Å². The number of aryl methyl sites for hydroxylation is 1. The van der Waals surface area contributed by atoms with Gasteiger partial charge in [-0.15, -0.1) is 0 Å². The van der Waals surface area contributed by atoms with Gasteiger partial charge in [-0.2, -0.15) is 0 Å². The number of rotatable bonds is 7. The van der Waals surface area contributed by atoms with Crippen LogP contribution in [0.3, 0.4) is 0 Å². The summed E-state index contributed by atoms with van der Waals surface area (Å²) in [6, 6.07) is 3.66. The van der Waals surface area contributed by atoms with E-state index in [0.29, 0.717) is 23.8 Å². The second-order valence-electron chi connectivity index (χ2n) is 5.20. The van der Waals surface area contributed by atoms with Crippen molar-refractivity contribution in [2.75, 3.05) is 21.3 Å². The van der Waals surface area contributed by atoms with Gasteiger partial charge in [-0.3, -0.25) is 0 Å². The summed E-state index contributed by atoms with van der Waals surface area (Å²) < 4.78 is 57.1. The van der Waals surface area contributed by atoms with Gasteiger partial charge in [0.1, 0.15) is 17.2 Å².